The first-order valence-corrected chi connectivity index (χ1v) is 13.0. The van der Waals surface area contributed by atoms with Gasteiger partial charge < -0.3 is 39.4 Å². The Morgan fingerprint density at radius 2 is 1.65 bits per heavy atom. The lowest BCUT2D eigenvalue weighted by Gasteiger charge is -2.51. The summed E-state index contributed by atoms with van der Waals surface area (Å²) in [5.74, 6) is -4.91. The number of benzene rings is 1. The number of methoxy groups -OCH3 is 2. The molecule has 208 valence electrons. The normalized spacial score (nSPS) is 43.1. The molecule has 0 amide bonds. The molecule has 4 N–H and O–H groups in total. The second-order valence-corrected chi connectivity index (χ2v) is 10.4. The van der Waals surface area contributed by atoms with E-state index in [9.17, 15) is 25.2 Å². The van der Waals surface area contributed by atoms with Gasteiger partial charge >= 0.3 is 5.97 Å². The SMILES string of the molecule is CO[C@H]1CC(O)CC[C@@H](c2ccccc2)OC(=O)[C@@H](C)[C@@]2(O)O[C@H]([C@@H](C)[C@H](O)[C@H]2OC)[C@@H](C)/C=C/[C@H]1O. The maximum atomic E-state index is 13.4. The van der Waals surface area contributed by atoms with Crippen molar-refractivity contribution in [2.24, 2.45) is 17.8 Å². The Labute approximate surface area is 219 Å². The molecule has 1 unspecified atom stereocenters. The van der Waals surface area contributed by atoms with Crippen LogP contribution in [0.1, 0.15) is 51.7 Å². The maximum Gasteiger partial charge on any atom is 0.314 e. The van der Waals surface area contributed by atoms with Crippen LogP contribution in [0.2, 0.25) is 0 Å². The summed E-state index contributed by atoms with van der Waals surface area (Å²) in [6.07, 6.45) is -2.10. The van der Waals surface area contributed by atoms with Crippen LogP contribution in [0.15, 0.2) is 42.5 Å². The quantitative estimate of drug-likeness (QED) is 0.348. The fraction of sp³-hybridized carbons (Fsp3) is 0.679. The van der Waals surface area contributed by atoms with Crippen molar-refractivity contribution in [1.82, 2.24) is 0 Å². The smallest absolute Gasteiger partial charge is 0.314 e. The third kappa shape index (κ3) is 6.60. The molecular formula is C28H42O9. The summed E-state index contributed by atoms with van der Waals surface area (Å²) in [5.41, 5.74) is 0.739. The van der Waals surface area contributed by atoms with E-state index >= 15 is 0 Å². The van der Waals surface area contributed by atoms with Crippen LogP contribution < -0.4 is 0 Å². The molecule has 37 heavy (non-hydrogen) atoms. The average molecular weight is 523 g/mol. The first-order chi connectivity index (χ1) is 17.5. The van der Waals surface area contributed by atoms with Crippen molar-refractivity contribution in [1.29, 1.82) is 0 Å². The maximum absolute atomic E-state index is 13.4. The largest absolute Gasteiger partial charge is 0.457 e. The highest BCUT2D eigenvalue weighted by Gasteiger charge is 2.58. The van der Waals surface area contributed by atoms with Gasteiger partial charge in [-0.1, -0.05) is 56.3 Å². The monoisotopic (exact) mass is 522 g/mol. The van der Waals surface area contributed by atoms with Crippen molar-refractivity contribution >= 4 is 5.97 Å². The summed E-state index contributed by atoms with van der Waals surface area (Å²) >= 11 is 0. The zero-order valence-corrected chi connectivity index (χ0v) is 22.3. The molecule has 0 spiro atoms. The summed E-state index contributed by atoms with van der Waals surface area (Å²) < 4.78 is 23.0. The molecule has 1 fully saturated rings. The molecule has 1 aromatic carbocycles. The van der Waals surface area contributed by atoms with E-state index in [0.717, 1.165) is 5.56 Å². The number of hydrogen-bond donors (Lipinski definition) is 4. The number of ether oxygens (including phenoxy) is 4. The number of esters is 1. The fourth-order valence-corrected chi connectivity index (χ4v) is 5.35. The van der Waals surface area contributed by atoms with Gasteiger partial charge in [0, 0.05) is 32.5 Å². The Hall–Kier alpha value is -1.85. The molecule has 1 saturated heterocycles. The molecule has 2 bridgehead atoms. The minimum Gasteiger partial charge on any atom is -0.457 e. The predicted molar refractivity (Wildman–Crippen MR) is 135 cm³/mol. The molecule has 2 aliphatic heterocycles. The Bertz CT molecular complexity index is 893. The average Bonchev–Trinajstić information content (AvgIpc) is 2.89. The highest BCUT2D eigenvalue weighted by atomic mass is 16.7. The number of aliphatic hydroxyl groups is 4. The van der Waals surface area contributed by atoms with E-state index in [1.807, 2.05) is 37.3 Å². The van der Waals surface area contributed by atoms with E-state index in [1.165, 1.54) is 21.1 Å². The topological polar surface area (TPSA) is 135 Å². The molecule has 11 atom stereocenters. The van der Waals surface area contributed by atoms with Gasteiger partial charge in [0.1, 0.15) is 18.1 Å². The van der Waals surface area contributed by atoms with E-state index < -0.39 is 66.3 Å². The van der Waals surface area contributed by atoms with Gasteiger partial charge in [-0.15, -0.1) is 0 Å². The molecular weight excluding hydrogens is 480 g/mol. The van der Waals surface area contributed by atoms with Crippen LogP contribution in [0.3, 0.4) is 0 Å². The summed E-state index contributed by atoms with van der Waals surface area (Å²) in [5, 5.41) is 44.2. The second-order valence-electron chi connectivity index (χ2n) is 10.4. The standard InChI is InChI=1S/C28H42O9/c1-16-11-13-21(30)23(34-4)15-20(29)12-14-22(19-9-7-6-8-10-19)36-27(32)18(3)28(33)26(35-5)24(31)17(2)25(16)37-28/h6-11,13,16-18,20-26,29-31,33H,12,14-15H2,1-5H3/b13-11+/t16-,17-,18+,20?,21+,22-,23-,24-,25-,26+,28+/m0/s1. The molecule has 9 heteroatoms. The van der Waals surface area contributed by atoms with Crippen LogP contribution in [0.4, 0.5) is 0 Å². The zero-order chi connectivity index (χ0) is 27.3. The van der Waals surface area contributed by atoms with Gasteiger partial charge in [0.15, 0.2) is 0 Å². The number of rotatable bonds is 3. The second kappa shape index (κ2) is 12.8. The Morgan fingerprint density at radius 3 is 2.27 bits per heavy atom. The van der Waals surface area contributed by atoms with Crippen molar-refractivity contribution in [2.75, 3.05) is 14.2 Å². The predicted octanol–water partition coefficient (Wildman–Crippen LogP) is 2.12. The van der Waals surface area contributed by atoms with Gasteiger partial charge in [-0.3, -0.25) is 4.79 Å². The van der Waals surface area contributed by atoms with E-state index in [2.05, 4.69) is 0 Å². The van der Waals surface area contributed by atoms with Gasteiger partial charge in [0.25, 0.3) is 0 Å². The molecule has 2 aliphatic rings. The van der Waals surface area contributed by atoms with Crippen LogP contribution in [-0.2, 0) is 23.7 Å². The van der Waals surface area contributed by atoms with Crippen LogP contribution in [0.25, 0.3) is 0 Å². The van der Waals surface area contributed by atoms with Crippen LogP contribution in [0.5, 0.6) is 0 Å². The zero-order valence-electron chi connectivity index (χ0n) is 22.3. The van der Waals surface area contributed by atoms with Crippen molar-refractivity contribution in [3.8, 4) is 0 Å². The van der Waals surface area contributed by atoms with Gasteiger partial charge in [0.2, 0.25) is 5.79 Å². The summed E-state index contributed by atoms with van der Waals surface area (Å²) in [4.78, 5) is 13.4. The highest BCUT2D eigenvalue weighted by molar-refractivity contribution is 5.73. The minimum atomic E-state index is -2.17. The van der Waals surface area contributed by atoms with Crippen molar-refractivity contribution < 1.29 is 44.2 Å². The lowest BCUT2D eigenvalue weighted by molar-refractivity contribution is -0.360. The lowest BCUT2D eigenvalue weighted by Crippen LogP contribution is -2.66. The van der Waals surface area contributed by atoms with Crippen molar-refractivity contribution in [3.63, 3.8) is 0 Å². The molecule has 2 heterocycles. The Balaban J connectivity index is 2.02. The van der Waals surface area contributed by atoms with Crippen molar-refractivity contribution in [2.45, 2.75) is 88.5 Å². The highest BCUT2D eigenvalue weighted by Crippen LogP contribution is 2.42. The van der Waals surface area contributed by atoms with E-state index in [0.29, 0.717) is 6.42 Å². The van der Waals surface area contributed by atoms with Gasteiger partial charge in [-0.25, -0.2) is 0 Å². The lowest BCUT2D eigenvalue weighted by atomic mass is 9.78. The van der Waals surface area contributed by atoms with Crippen molar-refractivity contribution in [3.05, 3.63) is 48.0 Å². The van der Waals surface area contributed by atoms with E-state index in [1.54, 1.807) is 19.1 Å². The Morgan fingerprint density at radius 1 is 0.973 bits per heavy atom. The summed E-state index contributed by atoms with van der Waals surface area (Å²) in [6, 6.07) is 9.16. The number of hydrogen-bond acceptors (Lipinski definition) is 9. The number of carbonyl (C=O) groups excluding carboxylic acids is 1. The number of aliphatic hydroxyl groups excluding tert-OH is 3. The first-order valence-electron chi connectivity index (χ1n) is 13.0. The van der Waals surface area contributed by atoms with Gasteiger partial charge in [-0.2, -0.15) is 0 Å². The number of cyclic esters (lactones) is 1. The van der Waals surface area contributed by atoms with Crippen LogP contribution >= 0.6 is 0 Å². The number of fused-ring (bicyclic) bond motifs is 2. The molecule has 0 aliphatic carbocycles. The van der Waals surface area contributed by atoms with E-state index in [4.69, 9.17) is 18.9 Å². The van der Waals surface area contributed by atoms with Crippen LogP contribution in [-0.4, -0.2) is 83.0 Å². The fourth-order valence-electron chi connectivity index (χ4n) is 5.35. The third-order valence-corrected chi connectivity index (χ3v) is 7.84. The summed E-state index contributed by atoms with van der Waals surface area (Å²) in [6.45, 7) is 5.10. The molecule has 0 radical (unpaired) electrons. The summed E-state index contributed by atoms with van der Waals surface area (Å²) in [7, 11) is 2.82. The molecule has 3 rings (SSSR count). The first kappa shape index (κ1) is 29.7. The molecule has 0 aromatic heterocycles. The minimum absolute atomic E-state index is 0.187. The Kier molecular flexibility index (Phi) is 10.3. The number of carbonyl (C=O) groups is 1. The van der Waals surface area contributed by atoms with Gasteiger partial charge in [-0.05, 0) is 25.3 Å². The van der Waals surface area contributed by atoms with E-state index in [-0.39, 0.29) is 18.8 Å². The molecule has 9 nitrogen and oxygen atoms in total. The van der Waals surface area contributed by atoms with Gasteiger partial charge in [0.05, 0.1) is 30.5 Å². The molecule has 0 saturated carbocycles. The third-order valence-electron chi connectivity index (χ3n) is 7.84. The molecule has 1 aromatic rings. The van der Waals surface area contributed by atoms with Crippen LogP contribution in [0, 0.1) is 17.8 Å².